The van der Waals surface area contributed by atoms with Gasteiger partial charge >= 0.3 is 5.69 Å². The Morgan fingerprint density at radius 3 is 2.50 bits per heavy atom. The SMILES string of the molecule is C=C(Cl)Cn1cc(C(C)=O)c(=O)n(C)c1=O. The Labute approximate surface area is 96.6 Å². The molecule has 0 saturated heterocycles. The van der Waals surface area contributed by atoms with Crippen LogP contribution in [0.3, 0.4) is 0 Å². The number of rotatable bonds is 3. The lowest BCUT2D eigenvalue weighted by Gasteiger charge is -2.07. The molecule has 0 bridgehead atoms. The van der Waals surface area contributed by atoms with Gasteiger partial charge in [0.05, 0.1) is 12.1 Å². The van der Waals surface area contributed by atoms with Gasteiger partial charge in [0.25, 0.3) is 5.56 Å². The van der Waals surface area contributed by atoms with Crippen molar-refractivity contribution in [3.05, 3.63) is 44.2 Å². The molecular weight excluding hydrogens is 232 g/mol. The predicted molar refractivity (Wildman–Crippen MR) is 60.9 cm³/mol. The maximum atomic E-state index is 11.6. The van der Waals surface area contributed by atoms with Gasteiger partial charge < -0.3 is 0 Å². The summed E-state index contributed by atoms with van der Waals surface area (Å²) in [6, 6.07) is 0. The standard InChI is InChI=1S/C10H11ClN2O3/c1-6(11)4-13-5-8(7(2)14)9(15)12(3)10(13)16/h5H,1,4H2,2-3H3. The molecule has 6 heteroatoms. The summed E-state index contributed by atoms with van der Waals surface area (Å²) in [5.74, 6) is -0.394. The molecule has 0 aromatic carbocycles. The van der Waals surface area contributed by atoms with Crippen LogP contribution in [0.4, 0.5) is 0 Å². The second kappa shape index (κ2) is 4.49. The fourth-order valence-corrected chi connectivity index (χ4v) is 1.39. The summed E-state index contributed by atoms with van der Waals surface area (Å²) in [4.78, 5) is 34.3. The largest absolute Gasteiger partial charge is 0.331 e. The van der Waals surface area contributed by atoms with Crippen molar-refractivity contribution in [2.45, 2.75) is 13.5 Å². The van der Waals surface area contributed by atoms with Crippen molar-refractivity contribution in [2.24, 2.45) is 7.05 Å². The van der Waals surface area contributed by atoms with E-state index in [4.69, 9.17) is 11.6 Å². The van der Waals surface area contributed by atoms with Crippen molar-refractivity contribution in [3.63, 3.8) is 0 Å². The van der Waals surface area contributed by atoms with Gasteiger partial charge in [-0.3, -0.25) is 18.7 Å². The topological polar surface area (TPSA) is 61.1 Å². The summed E-state index contributed by atoms with van der Waals surface area (Å²) in [6.45, 7) is 4.78. The zero-order valence-electron chi connectivity index (χ0n) is 8.99. The molecule has 0 aliphatic rings. The third kappa shape index (κ3) is 2.30. The minimum absolute atomic E-state index is 0.0417. The van der Waals surface area contributed by atoms with Crippen molar-refractivity contribution in [3.8, 4) is 0 Å². The summed E-state index contributed by atoms with van der Waals surface area (Å²) < 4.78 is 2.05. The Kier molecular flexibility index (Phi) is 3.49. The van der Waals surface area contributed by atoms with Crippen LogP contribution < -0.4 is 11.2 Å². The van der Waals surface area contributed by atoms with Crippen LogP contribution in [0.25, 0.3) is 0 Å². The Morgan fingerprint density at radius 1 is 1.50 bits per heavy atom. The van der Waals surface area contributed by atoms with Crippen LogP contribution in [-0.4, -0.2) is 14.9 Å². The normalized spacial score (nSPS) is 10.2. The van der Waals surface area contributed by atoms with Gasteiger partial charge in [0.15, 0.2) is 5.78 Å². The Bertz CT molecular complexity index is 568. The fourth-order valence-electron chi connectivity index (χ4n) is 1.27. The van der Waals surface area contributed by atoms with E-state index in [1.807, 2.05) is 0 Å². The molecule has 0 aliphatic heterocycles. The van der Waals surface area contributed by atoms with Crippen molar-refractivity contribution in [1.29, 1.82) is 0 Å². The molecule has 0 atom stereocenters. The number of carbonyl (C=O) groups excluding carboxylic acids is 1. The monoisotopic (exact) mass is 242 g/mol. The van der Waals surface area contributed by atoms with Crippen LogP contribution in [0.1, 0.15) is 17.3 Å². The van der Waals surface area contributed by atoms with Gasteiger partial charge in [-0.25, -0.2) is 4.79 Å². The first kappa shape index (κ1) is 12.4. The van der Waals surface area contributed by atoms with Crippen LogP contribution >= 0.6 is 11.6 Å². The lowest BCUT2D eigenvalue weighted by atomic mass is 10.2. The number of hydrogen-bond donors (Lipinski definition) is 0. The highest BCUT2D eigenvalue weighted by molar-refractivity contribution is 6.29. The van der Waals surface area contributed by atoms with E-state index in [1.165, 1.54) is 24.7 Å². The van der Waals surface area contributed by atoms with Gasteiger partial charge in [-0.05, 0) is 6.92 Å². The van der Waals surface area contributed by atoms with Crippen LogP contribution in [0, 0.1) is 0 Å². The predicted octanol–water partition coefficient (Wildman–Crippen LogP) is 0.502. The van der Waals surface area contributed by atoms with Crippen molar-refractivity contribution >= 4 is 17.4 Å². The molecule has 1 aromatic rings. The summed E-state index contributed by atoms with van der Waals surface area (Å²) in [6.07, 6.45) is 1.21. The van der Waals surface area contributed by atoms with Crippen molar-refractivity contribution in [2.75, 3.05) is 0 Å². The number of aromatic nitrogens is 2. The van der Waals surface area contributed by atoms with Crippen LogP contribution in [0.2, 0.25) is 0 Å². The number of ketones is 1. The lowest BCUT2D eigenvalue weighted by molar-refractivity contribution is 0.101. The third-order valence-corrected chi connectivity index (χ3v) is 2.19. The first-order valence-corrected chi connectivity index (χ1v) is 4.87. The minimum atomic E-state index is -0.603. The third-order valence-electron chi connectivity index (χ3n) is 2.07. The van der Waals surface area contributed by atoms with E-state index in [1.54, 1.807) is 0 Å². The van der Waals surface area contributed by atoms with Gasteiger partial charge in [0.2, 0.25) is 0 Å². The zero-order chi connectivity index (χ0) is 12.5. The van der Waals surface area contributed by atoms with Crippen LogP contribution in [0.5, 0.6) is 0 Å². The Morgan fingerprint density at radius 2 is 2.06 bits per heavy atom. The van der Waals surface area contributed by atoms with Crippen LogP contribution in [0.15, 0.2) is 27.4 Å². The zero-order valence-corrected chi connectivity index (χ0v) is 9.74. The fraction of sp³-hybridized carbons (Fsp3) is 0.300. The van der Waals surface area contributed by atoms with Gasteiger partial charge in [0.1, 0.15) is 0 Å². The van der Waals surface area contributed by atoms with Gasteiger partial charge in [-0.2, -0.15) is 0 Å². The first-order valence-electron chi connectivity index (χ1n) is 4.49. The molecule has 0 aliphatic carbocycles. The van der Waals surface area contributed by atoms with E-state index in [0.29, 0.717) is 0 Å². The second-order valence-electron chi connectivity index (χ2n) is 3.39. The van der Waals surface area contributed by atoms with E-state index in [0.717, 1.165) is 4.57 Å². The second-order valence-corrected chi connectivity index (χ2v) is 3.93. The Balaban J connectivity index is 3.54. The summed E-state index contributed by atoms with van der Waals surface area (Å²) in [5, 5.41) is 0.246. The molecule has 1 heterocycles. The maximum Gasteiger partial charge on any atom is 0.331 e. The summed E-state index contributed by atoms with van der Waals surface area (Å²) >= 11 is 5.58. The summed E-state index contributed by atoms with van der Waals surface area (Å²) in [7, 11) is 1.31. The van der Waals surface area contributed by atoms with E-state index >= 15 is 0 Å². The maximum absolute atomic E-state index is 11.6. The molecule has 1 aromatic heterocycles. The Hall–Kier alpha value is -1.62. The van der Waals surface area contributed by atoms with E-state index in [-0.39, 0.29) is 17.1 Å². The van der Waals surface area contributed by atoms with E-state index in [2.05, 4.69) is 6.58 Å². The lowest BCUT2D eigenvalue weighted by Crippen LogP contribution is -2.40. The molecule has 0 radical (unpaired) electrons. The number of carbonyl (C=O) groups is 1. The minimum Gasteiger partial charge on any atom is -0.294 e. The first-order chi connectivity index (χ1) is 7.34. The quantitative estimate of drug-likeness (QED) is 0.726. The smallest absolute Gasteiger partial charge is 0.294 e. The average Bonchev–Trinajstić information content (AvgIpc) is 2.18. The molecule has 5 nitrogen and oxygen atoms in total. The molecule has 0 N–H and O–H groups in total. The van der Waals surface area contributed by atoms with E-state index in [9.17, 15) is 14.4 Å². The number of hydrogen-bond acceptors (Lipinski definition) is 3. The van der Waals surface area contributed by atoms with Crippen molar-refractivity contribution < 1.29 is 4.79 Å². The van der Waals surface area contributed by atoms with E-state index < -0.39 is 17.0 Å². The van der Waals surface area contributed by atoms with Gasteiger partial charge in [-0.1, -0.05) is 18.2 Å². The molecule has 0 spiro atoms. The highest BCUT2D eigenvalue weighted by atomic mass is 35.5. The average molecular weight is 243 g/mol. The molecule has 1 rings (SSSR count). The number of Topliss-reactive ketones (excluding diaryl/α,β-unsaturated/α-hetero) is 1. The highest BCUT2D eigenvalue weighted by Gasteiger charge is 2.12. The molecule has 0 amide bonds. The summed E-state index contributed by atoms with van der Waals surface area (Å²) in [5.41, 5.74) is -1.18. The number of halogens is 1. The molecule has 0 unspecified atom stereocenters. The van der Waals surface area contributed by atoms with Crippen molar-refractivity contribution in [1.82, 2.24) is 9.13 Å². The molecule has 16 heavy (non-hydrogen) atoms. The van der Waals surface area contributed by atoms with Gasteiger partial charge in [0, 0.05) is 18.3 Å². The van der Waals surface area contributed by atoms with Crippen LogP contribution in [-0.2, 0) is 13.6 Å². The molecule has 0 saturated carbocycles. The number of allylic oxidation sites excluding steroid dienone is 1. The highest BCUT2D eigenvalue weighted by Crippen LogP contribution is 2.00. The number of nitrogens with zero attached hydrogens (tertiary/aromatic N) is 2. The molecule has 86 valence electrons. The van der Waals surface area contributed by atoms with Gasteiger partial charge in [-0.15, -0.1) is 0 Å². The molecule has 0 fully saturated rings. The molecular formula is C10H11ClN2O3.